The summed E-state index contributed by atoms with van der Waals surface area (Å²) in [5.74, 6) is 1.36. The van der Waals surface area contributed by atoms with Gasteiger partial charge in [-0.05, 0) is 13.5 Å². The van der Waals surface area contributed by atoms with Crippen molar-refractivity contribution in [2.75, 3.05) is 6.61 Å². The summed E-state index contributed by atoms with van der Waals surface area (Å²) < 4.78 is 0. The molecule has 0 saturated carbocycles. The van der Waals surface area contributed by atoms with E-state index in [1.807, 2.05) is 6.92 Å². The number of oxime groups is 1. The van der Waals surface area contributed by atoms with Crippen LogP contribution in [0.25, 0.3) is 0 Å². The van der Waals surface area contributed by atoms with Crippen LogP contribution in [0.4, 0.5) is 0 Å². The maximum absolute atomic E-state index is 4.84. The molecule has 0 N–H and O–H groups in total. The SMILES string of the molecule is CC1=NOC[C-](C)C1.[CH3-].[Lr]. The molecule has 0 aliphatic carbocycles. The molecule has 0 aromatic carbocycles. The Balaban J connectivity index is 0. The average molecular weight is 389 g/mol. The minimum atomic E-state index is 0. The summed E-state index contributed by atoms with van der Waals surface area (Å²) >= 11 is 0. The Morgan fingerprint density at radius 1 is 1.60 bits per heavy atom. The second-order valence-electron chi connectivity index (χ2n) is 2.23. The number of hydrogen-bond acceptors (Lipinski definition) is 2. The zero-order valence-electron chi connectivity index (χ0n) is 6.53. The molecule has 0 amide bonds. The first-order chi connectivity index (χ1) is 3.79. The van der Waals surface area contributed by atoms with Gasteiger partial charge in [0.25, 0.3) is 0 Å². The molecule has 3 heteroatoms. The van der Waals surface area contributed by atoms with E-state index in [0.29, 0.717) is 6.61 Å². The molecular formula is C7H13LrNO-2. The van der Waals surface area contributed by atoms with Gasteiger partial charge in [0.1, 0.15) is 0 Å². The van der Waals surface area contributed by atoms with Gasteiger partial charge in [0.15, 0.2) is 0 Å². The summed E-state index contributed by atoms with van der Waals surface area (Å²) in [6.45, 7) is 4.76. The zero-order valence-corrected chi connectivity index (χ0v) is 8.68. The van der Waals surface area contributed by atoms with Crippen LogP contribution >= 0.6 is 0 Å². The van der Waals surface area contributed by atoms with Crippen LogP contribution in [-0.2, 0) is 4.84 Å². The Kier molecular flexibility index (Phi) is 4.92. The van der Waals surface area contributed by atoms with E-state index in [4.69, 9.17) is 4.84 Å². The molecule has 0 spiro atoms. The van der Waals surface area contributed by atoms with Crippen molar-refractivity contribution in [3.05, 3.63) is 13.3 Å². The van der Waals surface area contributed by atoms with Crippen molar-refractivity contribution < 1.29 is 4.84 Å². The van der Waals surface area contributed by atoms with E-state index in [1.54, 1.807) is 0 Å². The molecule has 0 aromatic rings. The predicted octanol–water partition coefficient (Wildman–Crippen LogP) is 1.83. The van der Waals surface area contributed by atoms with Gasteiger partial charge in [-0.25, -0.2) is 0 Å². The predicted molar refractivity (Wildman–Crippen MR) is 39.0 cm³/mol. The Hall–Kier alpha value is -1.53. The monoisotopic (exact) mass is 389 g/mol. The van der Waals surface area contributed by atoms with Crippen molar-refractivity contribution in [2.24, 2.45) is 5.16 Å². The molecule has 69 valence electrons. The van der Waals surface area contributed by atoms with Gasteiger partial charge in [-0.3, -0.25) is 5.92 Å². The molecular weight excluding hydrogens is 376 g/mol. The summed E-state index contributed by atoms with van der Waals surface area (Å²) in [5, 5.41) is 3.78. The Labute approximate surface area is 56.9 Å². The Morgan fingerprint density at radius 3 is 2.50 bits per heavy atom. The third-order valence-electron chi connectivity index (χ3n) is 1.09. The van der Waals surface area contributed by atoms with Crippen LogP contribution in [0.5, 0.6) is 0 Å². The largest absolute Gasteiger partial charge is 0.429 e. The van der Waals surface area contributed by atoms with E-state index < -0.39 is 0 Å². The topological polar surface area (TPSA) is 21.6 Å². The summed E-state index contributed by atoms with van der Waals surface area (Å²) in [6, 6.07) is 0. The van der Waals surface area contributed by atoms with Crippen LogP contribution in [0.3, 0.4) is 0 Å². The maximum Gasteiger partial charge on any atom is 0.0249 e. The van der Waals surface area contributed by atoms with Gasteiger partial charge in [0.05, 0.1) is 0 Å². The van der Waals surface area contributed by atoms with Crippen LogP contribution in [0, 0.1) is 13.3 Å². The molecule has 0 fully saturated rings. The number of rotatable bonds is 0. The molecule has 2 nitrogen and oxygen atoms in total. The number of nitrogens with zero attached hydrogens (tertiary/aromatic N) is 1. The fraction of sp³-hybridized carbons (Fsp3) is 0.571. The van der Waals surface area contributed by atoms with Crippen molar-refractivity contribution in [3.8, 4) is 0 Å². The molecule has 0 aromatic heterocycles. The zero-order chi connectivity index (χ0) is 5.98. The van der Waals surface area contributed by atoms with E-state index in [2.05, 4.69) is 12.1 Å². The first-order valence-corrected chi connectivity index (χ1v) is 2.76. The van der Waals surface area contributed by atoms with Gasteiger partial charge in [0, 0.05) is 5.71 Å². The van der Waals surface area contributed by atoms with Gasteiger partial charge < -0.3 is 12.3 Å². The molecule has 1 aliphatic heterocycles. The molecule has 0 bridgehead atoms. The smallest absolute Gasteiger partial charge is 0.0249 e. The van der Waals surface area contributed by atoms with Gasteiger partial charge in [-0.2, -0.15) is 6.92 Å². The van der Waals surface area contributed by atoms with Crippen LogP contribution in [0.1, 0.15) is 20.3 Å². The molecule has 1 heterocycles. The van der Waals surface area contributed by atoms with Gasteiger partial charge in [0.2, 0.25) is 0 Å². The first kappa shape index (κ1) is 11.3. The summed E-state index contributed by atoms with van der Waals surface area (Å²) in [5.41, 5.74) is 1.08. The molecule has 1 rings (SSSR count). The molecule has 1 radical (unpaired) electrons. The quantitative estimate of drug-likeness (QED) is 0.580. The molecule has 10 heavy (non-hydrogen) atoms. The van der Waals surface area contributed by atoms with Crippen LogP contribution in [0.2, 0.25) is 0 Å². The van der Waals surface area contributed by atoms with Crippen LogP contribution < -0.4 is 0 Å². The molecule has 0 atom stereocenters. The maximum atomic E-state index is 4.84. The van der Waals surface area contributed by atoms with Crippen molar-refractivity contribution >= 4 is 5.71 Å². The molecule has 0 saturated heterocycles. The van der Waals surface area contributed by atoms with E-state index in [0.717, 1.165) is 12.1 Å². The van der Waals surface area contributed by atoms with E-state index >= 15 is 0 Å². The van der Waals surface area contributed by atoms with E-state index in [-0.39, 0.29) is 7.43 Å². The van der Waals surface area contributed by atoms with E-state index in [9.17, 15) is 0 Å². The summed E-state index contributed by atoms with van der Waals surface area (Å²) in [7, 11) is 0. The van der Waals surface area contributed by atoms with Crippen molar-refractivity contribution in [1.29, 1.82) is 0 Å². The second-order valence-corrected chi connectivity index (χ2v) is 2.23. The van der Waals surface area contributed by atoms with Crippen molar-refractivity contribution in [2.45, 2.75) is 20.3 Å². The molecule has 0 unspecified atom stereocenters. The minimum absolute atomic E-state index is 0. The number of hydrogen-bond donors (Lipinski definition) is 0. The average Bonchev–Trinajstić information content (AvgIpc) is 1.64. The summed E-state index contributed by atoms with van der Waals surface area (Å²) in [4.78, 5) is 4.84. The van der Waals surface area contributed by atoms with Gasteiger partial charge in [-0.15, -0.1) is 11.6 Å². The minimum Gasteiger partial charge on any atom is -0.429 e. The third-order valence-corrected chi connectivity index (χ3v) is 1.09. The van der Waals surface area contributed by atoms with Crippen LogP contribution in [-0.4, -0.2) is 12.3 Å². The Bertz CT molecular complexity index is 114. The van der Waals surface area contributed by atoms with Crippen molar-refractivity contribution in [1.82, 2.24) is 0 Å². The van der Waals surface area contributed by atoms with E-state index in [1.165, 1.54) is 5.92 Å². The van der Waals surface area contributed by atoms with Gasteiger partial charge in [-0.1, -0.05) is 0 Å². The standard InChI is InChI=1S/C6H10NO.CH3.Lr/c1-5-3-6(2)7-8-4-5;;/h3-4H2,1-2H3;1H3;/q2*-1;. The Morgan fingerprint density at radius 2 is 2.20 bits per heavy atom. The van der Waals surface area contributed by atoms with Crippen LogP contribution in [0.15, 0.2) is 5.16 Å². The fourth-order valence-electron chi connectivity index (χ4n) is 0.773. The second kappa shape index (κ2) is 4.36. The third kappa shape index (κ3) is 2.70. The normalized spacial score (nSPS) is 17.6. The van der Waals surface area contributed by atoms with Crippen molar-refractivity contribution in [3.63, 3.8) is 0 Å². The van der Waals surface area contributed by atoms with Gasteiger partial charge >= 0.3 is 0 Å². The summed E-state index contributed by atoms with van der Waals surface area (Å²) in [6.07, 6.45) is 1.01. The first-order valence-electron chi connectivity index (χ1n) is 2.76. The fourth-order valence-corrected chi connectivity index (χ4v) is 0.773. The molecule has 1 aliphatic rings.